The molecule has 1 heterocycles. The molecule has 0 saturated carbocycles. The van der Waals surface area contributed by atoms with Crippen molar-refractivity contribution in [2.24, 2.45) is 0 Å². The molecule has 1 aliphatic rings. The van der Waals surface area contributed by atoms with Gasteiger partial charge in [-0.15, -0.1) is 0 Å². The van der Waals surface area contributed by atoms with E-state index in [9.17, 15) is 4.79 Å². The maximum Gasteiger partial charge on any atom is 0.254 e. The fraction of sp³-hybridized carbons (Fsp3) is 0.429. The van der Waals surface area contributed by atoms with Crippen molar-refractivity contribution >= 4 is 11.6 Å². The Hall–Kier alpha value is -3.30. The van der Waals surface area contributed by atoms with Gasteiger partial charge in [-0.2, -0.15) is 15.8 Å². The summed E-state index contributed by atoms with van der Waals surface area (Å²) in [5, 5.41) is 29.7. The van der Waals surface area contributed by atoms with Gasteiger partial charge in [-0.25, -0.2) is 0 Å². The molecule has 1 aromatic rings. The van der Waals surface area contributed by atoms with Gasteiger partial charge >= 0.3 is 0 Å². The molecule has 138 valence electrons. The van der Waals surface area contributed by atoms with Crippen LogP contribution >= 0.6 is 0 Å². The zero-order chi connectivity index (χ0) is 20.2. The third-order valence-corrected chi connectivity index (χ3v) is 4.98. The second-order valence-electron chi connectivity index (χ2n) is 7.91. The standard InChI is InChI=1S/C21H23N5O/c1-20(2)10-5-11-21(3,4)26(20)19(27)15-6-8-17(9-7-15)25-18(14-24)16(12-22)13-23/h6-9,25H,5,10-11H2,1-4H3. The highest BCUT2D eigenvalue weighted by Crippen LogP contribution is 2.39. The summed E-state index contributed by atoms with van der Waals surface area (Å²) in [5.41, 5.74) is 0.254. The predicted molar refractivity (Wildman–Crippen MR) is 102 cm³/mol. The number of hydrogen-bond donors (Lipinski definition) is 1. The molecular formula is C21H23N5O. The molecule has 0 spiro atoms. The quantitative estimate of drug-likeness (QED) is 0.816. The molecule has 1 N–H and O–H groups in total. The van der Waals surface area contributed by atoms with Crippen LogP contribution in [0.15, 0.2) is 35.5 Å². The highest BCUT2D eigenvalue weighted by atomic mass is 16.2. The van der Waals surface area contributed by atoms with E-state index in [1.165, 1.54) is 0 Å². The minimum absolute atomic E-state index is 0.0259. The summed E-state index contributed by atoms with van der Waals surface area (Å²) in [5.74, 6) is -0.0259. The van der Waals surface area contributed by atoms with Crippen molar-refractivity contribution in [2.45, 2.75) is 58.0 Å². The van der Waals surface area contributed by atoms with Crippen LogP contribution in [0.5, 0.6) is 0 Å². The second kappa shape index (κ2) is 7.52. The van der Waals surface area contributed by atoms with Crippen molar-refractivity contribution < 1.29 is 4.79 Å². The summed E-state index contributed by atoms with van der Waals surface area (Å²) in [6.07, 6.45) is 3.02. The number of allylic oxidation sites excluding steroid dienone is 2. The lowest BCUT2D eigenvalue weighted by atomic mass is 9.79. The fourth-order valence-corrected chi connectivity index (χ4v) is 3.80. The predicted octanol–water partition coefficient (Wildman–Crippen LogP) is 4.11. The number of hydrogen-bond acceptors (Lipinski definition) is 5. The smallest absolute Gasteiger partial charge is 0.254 e. The Bertz CT molecular complexity index is 856. The Morgan fingerprint density at radius 2 is 1.48 bits per heavy atom. The van der Waals surface area contributed by atoms with Gasteiger partial charge in [0.15, 0.2) is 5.57 Å². The van der Waals surface area contributed by atoms with Gasteiger partial charge in [-0.05, 0) is 71.2 Å². The lowest BCUT2D eigenvalue weighted by Crippen LogP contribution is -2.60. The third-order valence-electron chi connectivity index (χ3n) is 4.98. The number of nitrogens with one attached hydrogen (secondary N) is 1. The monoisotopic (exact) mass is 361 g/mol. The zero-order valence-electron chi connectivity index (χ0n) is 16.1. The molecule has 0 bridgehead atoms. The number of piperidine rings is 1. The lowest BCUT2D eigenvalue weighted by molar-refractivity contribution is -0.0111. The first-order valence-electron chi connectivity index (χ1n) is 8.82. The van der Waals surface area contributed by atoms with Gasteiger partial charge in [0.25, 0.3) is 5.91 Å². The van der Waals surface area contributed by atoms with Gasteiger partial charge in [-0.3, -0.25) is 4.79 Å². The number of anilines is 1. The minimum atomic E-state index is -0.283. The molecule has 1 aliphatic heterocycles. The van der Waals surface area contributed by atoms with E-state index in [0.717, 1.165) is 19.3 Å². The summed E-state index contributed by atoms with van der Waals surface area (Å²) in [6.45, 7) is 8.38. The Balaban J connectivity index is 2.29. The molecule has 0 aliphatic carbocycles. The first-order chi connectivity index (χ1) is 12.7. The van der Waals surface area contributed by atoms with Crippen LogP contribution in [0.25, 0.3) is 0 Å². The second-order valence-corrected chi connectivity index (χ2v) is 7.91. The first kappa shape index (κ1) is 20.0. The molecule has 1 aromatic carbocycles. The van der Waals surface area contributed by atoms with E-state index in [-0.39, 0.29) is 28.3 Å². The van der Waals surface area contributed by atoms with Gasteiger partial charge in [0.2, 0.25) is 0 Å². The molecule has 6 heteroatoms. The summed E-state index contributed by atoms with van der Waals surface area (Å²) in [6, 6.07) is 11.9. The molecule has 1 saturated heterocycles. The number of rotatable bonds is 3. The van der Waals surface area contributed by atoms with E-state index in [2.05, 4.69) is 33.0 Å². The number of carbonyl (C=O) groups excluding carboxylic acids is 1. The van der Waals surface area contributed by atoms with Crippen molar-refractivity contribution in [3.63, 3.8) is 0 Å². The normalized spacial score (nSPS) is 17.0. The van der Waals surface area contributed by atoms with Gasteiger partial charge < -0.3 is 10.2 Å². The van der Waals surface area contributed by atoms with Gasteiger partial charge in [-0.1, -0.05) is 0 Å². The third kappa shape index (κ3) is 4.10. The Labute approximate surface area is 160 Å². The van der Waals surface area contributed by atoms with E-state index < -0.39 is 0 Å². The van der Waals surface area contributed by atoms with Crippen LogP contribution in [0.4, 0.5) is 5.69 Å². The molecular weight excluding hydrogens is 338 g/mol. The van der Waals surface area contributed by atoms with Crippen LogP contribution in [0, 0.1) is 34.0 Å². The van der Waals surface area contributed by atoms with Gasteiger partial charge in [0.1, 0.15) is 23.9 Å². The van der Waals surface area contributed by atoms with Crippen molar-refractivity contribution in [3.8, 4) is 18.2 Å². The van der Waals surface area contributed by atoms with Gasteiger partial charge in [0, 0.05) is 22.3 Å². The first-order valence-corrected chi connectivity index (χ1v) is 8.82. The number of benzene rings is 1. The maximum absolute atomic E-state index is 13.2. The number of amides is 1. The number of nitriles is 3. The topological polar surface area (TPSA) is 104 Å². The molecule has 0 radical (unpaired) electrons. The molecule has 1 fully saturated rings. The maximum atomic E-state index is 13.2. The molecule has 0 aromatic heterocycles. The summed E-state index contributed by atoms with van der Waals surface area (Å²) in [4.78, 5) is 15.1. The molecule has 6 nitrogen and oxygen atoms in total. The lowest BCUT2D eigenvalue weighted by Gasteiger charge is -2.53. The van der Waals surface area contributed by atoms with Crippen molar-refractivity contribution in [1.82, 2.24) is 4.90 Å². The van der Waals surface area contributed by atoms with Gasteiger partial charge in [0.05, 0.1) is 0 Å². The minimum Gasteiger partial charge on any atom is -0.345 e. The van der Waals surface area contributed by atoms with E-state index in [0.29, 0.717) is 11.3 Å². The van der Waals surface area contributed by atoms with Crippen LogP contribution in [-0.2, 0) is 0 Å². The van der Waals surface area contributed by atoms with E-state index in [1.807, 2.05) is 11.0 Å². The number of carbonyl (C=O) groups is 1. The Morgan fingerprint density at radius 3 is 1.93 bits per heavy atom. The average Bonchev–Trinajstić information content (AvgIpc) is 2.60. The van der Waals surface area contributed by atoms with E-state index in [1.54, 1.807) is 36.4 Å². The number of likely N-dealkylation sites (tertiary alicyclic amines) is 1. The Morgan fingerprint density at radius 1 is 0.963 bits per heavy atom. The average molecular weight is 361 g/mol. The summed E-state index contributed by atoms with van der Waals surface area (Å²) >= 11 is 0. The van der Waals surface area contributed by atoms with E-state index >= 15 is 0 Å². The SMILES string of the molecule is CC1(C)CCCC(C)(C)N1C(=O)c1ccc(NC(C#N)=C(C#N)C#N)cc1. The molecule has 0 unspecified atom stereocenters. The number of nitrogens with zero attached hydrogens (tertiary/aromatic N) is 4. The van der Waals surface area contributed by atoms with Crippen LogP contribution in [0.2, 0.25) is 0 Å². The highest BCUT2D eigenvalue weighted by Gasteiger charge is 2.44. The molecule has 0 atom stereocenters. The summed E-state index contributed by atoms with van der Waals surface area (Å²) in [7, 11) is 0. The van der Waals surface area contributed by atoms with Crippen LogP contribution < -0.4 is 5.32 Å². The molecule has 27 heavy (non-hydrogen) atoms. The Kier molecular flexibility index (Phi) is 5.58. The van der Waals surface area contributed by atoms with Crippen LogP contribution in [-0.4, -0.2) is 21.9 Å². The molecule has 1 amide bonds. The summed E-state index contributed by atoms with van der Waals surface area (Å²) < 4.78 is 0. The van der Waals surface area contributed by atoms with Crippen LogP contribution in [0.1, 0.15) is 57.3 Å². The zero-order valence-corrected chi connectivity index (χ0v) is 16.1. The highest BCUT2D eigenvalue weighted by molar-refractivity contribution is 5.95. The van der Waals surface area contributed by atoms with Crippen LogP contribution in [0.3, 0.4) is 0 Å². The van der Waals surface area contributed by atoms with Crippen molar-refractivity contribution in [3.05, 3.63) is 41.1 Å². The fourth-order valence-electron chi connectivity index (χ4n) is 3.80. The van der Waals surface area contributed by atoms with Crippen molar-refractivity contribution in [1.29, 1.82) is 15.8 Å². The largest absolute Gasteiger partial charge is 0.345 e. The molecule has 2 rings (SSSR count). The van der Waals surface area contributed by atoms with E-state index in [4.69, 9.17) is 15.8 Å². The van der Waals surface area contributed by atoms with Crippen molar-refractivity contribution in [2.75, 3.05) is 5.32 Å².